The Balaban J connectivity index is 1.65. The van der Waals surface area contributed by atoms with E-state index in [2.05, 4.69) is 0 Å². The molecule has 1 fully saturated rings. The fourth-order valence-electron chi connectivity index (χ4n) is 4.29. The van der Waals surface area contributed by atoms with Crippen LogP contribution in [-0.2, 0) is 13.0 Å². The molecular formula is C21H20ClFN2O5. The maximum Gasteiger partial charge on any atom is 0.274 e. The second kappa shape index (κ2) is 7.21. The van der Waals surface area contributed by atoms with Crippen molar-refractivity contribution < 1.29 is 24.2 Å². The van der Waals surface area contributed by atoms with Crippen LogP contribution in [0.5, 0.6) is 5.75 Å². The molecule has 1 aliphatic heterocycles. The van der Waals surface area contributed by atoms with Crippen molar-refractivity contribution in [3.8, 4) is 5.75 Å². The summed E-state index contributed by atoms with van der Waals surface area (Å²) in [6.07, 6.45) is 1.75. The normalized spacial score (nSPS) is 22.3. The number of rotatable bonds is 5. The number of likely N-dealkylation sites (N-methyl/N-ethyl adjacent to an activating group) is 1. The Morgan fingerprint density at radius 3 is 2.77 bits per heavy atom. The van der Waals surface area contributed by atoms with E-state index in [4.69, 9.17) is 11.6 Å². The second-order valence-corrected chi connectivity index (χ2v) is 8.29. The van der Waals surface area contributed by atoms with Crippen LogP contribution in [0.1, 0.15) is 39.3 Å². The fourth-order valence-corrected chi connectivity index (χ4v) is 4.48. The number of pyridine rings is 1. The average molecular weight is 435 g/mol. The van der Waals surface area contributed by atoms with E-state index in [1.54, 1.807) is 13.1 Å². The van der Waals surface area contributed by atoms with E-state index in [0.29, 0.717) is 6.42 Å². The number of benzene rings is 1. The maximum atomic E-state index is 14.1. The number of Topliss-reactive ketones (excluding diaryl/α,β-unsaturated/α-hetero) is 1. The van der Waals surface area contributed by atoms with Crippen molar-refractivity contribution >= 4 is 23.3 Å². The van der Waals surface area contributed by atoms with Gasteiger partial charge in [-0.2, -0.15) is 0 Å². The van der Waals surface area contributed by atoms with Gasteiger partial charge in [-0.25, -0.2) is 4.39 Å². The maximum absolute atomic E-state index is 14.1. The zero-order valence-corrected chi connectivity index (χ0v) is 16.9. The van der Waals surface area contributed by atoms with Gasteiger partial charge in [-0.05, 0) is 24.5 Å². The van der Waals surface area contributed by atoms with E-state index in [9.17, 15) is 29.0 Å². The monoisotopic (exact) mass is 434 g/mol. The van der Waals surface area contributed by atoms with Crippen LogP contribution in [0, 0.1) is 11.7 Å². The molecule has 158 valence electrons. The highest BCUT2D eigenvalue weighted by molar-refractivity contribution is 6.30. The third kappa shape index (κ3) is 3.02. The number of fused-ring (bicyclic) bond motifs is 1. The van der Waals surface area contributed by atoms with Gasteiger partial charge in [-0.1, -0.05) is 23.7 Å². The van der Waals surface area contributed by atoms with Crippen molar-refractivity contribution in [1.29, 1.82) is 0 Å². The lowest BCUT2D eigenvalue weighted by Gasteiger charge is -2.36. The number of aliphatic hydroxyl groups is 1. The summed E-state index contributed by atoms with van der Waals surface area (Å²) in [6.45, 7) is 0.170. The molecule has 2 aliphatic rings. The lowest BCUT2D eigenvalue weighted by molar-refractivity contribution is 0.0569. The van der Waals surface area contributed by atoms with Crippen molar-refractivity contribution in [1.82, 2.24) is 9.47 Å². The Morgan fingerprint density at radius 1 is 1.37 bits per heavy atom. The summed E-state index contributed by atoms with van der Waals surface area (Å²) < 4.78 is 15.5. The quantitative estimate of drug-likeness (QED) is 0.701. The van der Waals surface area contributed by atoms with Crippen molar-refractivity contribution in [3.63, 3.8) is 0 Å². The molecule has 2 unspecified atom stereocenters. The number of carbonyl (C=O) groups excluding carboxylic acids is 2. The van der Waals surface area contributed by atoms with Gasteiger partial charge in [-0.3, -0.25) is 14.4 Å². The van der Waals surface area contributed by atoms with Crippen molar-refractivity contribution in [2.75, 3.05) is 13.7 Å². The highest BCUT2D eigenvalue weighted by atomic mass is 35.5. The largest absolute Gasteiger partial charge is 0.503 e. The third-order valence-corrected chi connectivity index (χ3v) is 6.54. The first-order valence-electron chi connectivity index (χ1n) is 9.52. The highest BCUT2D eigenvalue weighted by Gasteiger charge is 2.61. The zero-order chi connectivity index (χ0) is 21.8. The first-order chi connectivity index (χ1) is 14.2. The Labute approximate surface area is 176 Å². The Bertz CT molecular complexity index is 1130. The van der Waals surface area contributed by atoms with E-state index >= 15 is 0 Å². The van der Waals surface area contributed by atoms with E-state index < -0.39 is 34.2 Å². The number of aromatic hydroxyl groups is 1. The minimum atomic E-state index is -0.926. The minimum absolute atomic E-state index is 0.0331. The van der Waals surface area contributed by atoms with Gasteiger partial charge in [-0.15, -0.1) is 0 Å². The van der Waals surface area contributed by atoms with E-state index in [1.807, 2.05) is 0 Å². The van der Waals surface area contributed by atoms with Gasteiger partial charge in [0, 0.05) is 38.7 Å². The van der Waals surface area contributed by atoms with Gasteiger partial charge in [0.15, 0.2) is 17.2 Å². The summed E-state index contributed by atoms with van der Waals surface area (Å²) in [5.74, 6) is -2.60. The molecule has 0 bridgehead atoms. The Kier molecular flexibility index (Phi) is 4.94. The molecule has 2 atom stereocenters. The SMILES string of the molecule is CN1C(=O)c2c(O)c(=O)c(C(=O)CCc3cccc(Cl)c3F)cn2CC12CC2CO. The topological polar surface area (TPSA) is 99.8 Å². The zero-order valence-electron chi connectivity index (χ0n) is 16.2. The first-order valence-corrected chi connectivity index (χ1v) is 9.90. The van der Waals surface area contributed by atoms with E-state index in [0.717, 1.165) is 0 Å². The fraction of sp³-hybridized carbons (Fsp3) is 0.381. The van der Waals surface area contributed by atoms with Gasteiger partial charge in [0.25, 0.3) is 5.91 Å². The van der Waals surface area contributed by atoms with Gasteiger partial charge in [0.1, 0.15) is 5.82 Å². The number of aromatic nitrogens is 1. The predicted octanol–water partition coefficient (Wildman–Crippen LogP) is 2.00. The van der Waals surface area contributed by atoms with Crippen LogP contribution in [0.2, 0.25) is 5.02 Å². The summed E-state index contributed by atoms with van der Waals surface area (Å²) in [5, 5.41) is 19.8. The van der Waals surface area contributed by atoms with Crippen LogP contribution in [0.3, 0.4) is 0 Å². The molecule has 4 rings (SSSR count). The number of nitrogens with zero attached hydrogens (tertiary/aromatic N) is 2. The van der Waals surface area contributed by atoms with Gasteiger partial charge in [0.05, 0.1) is 16.1 Å². The van der Waals surface area contributed by atoms with Crippen LogP contribution in [-0.4, -0.2) is 50.6 Å². The molecule has 0 saturated heterocycles. The van der Waals surface area contributed by atoms with Crippen molar-refractivity contribution in [2.24, 2.45) is 5.92 Å². The first kappa shape index (κ1) is 20.6. The molecule has 2 heterocycles. The molecule has 1 aromatic carbocycles. The average Bonchev–Trinajstić information content (AvgIpc) is 3.43. The summed E-state index contributed by atoms with van der Waals surface area (Å²) >= 11 is 5.75. The molecule has 2 aromatic rings. The van der Waals surface area contributed by atoms with E-state index in [1.165, 1.54) is 27.8 Å². The van der Waals surface area contributed by atoms with Crippen molar-refractivity contribution in [3.05, 3.63) is 62.3 Å². The summed E-state index contributed by atoms with van der Waals surface area (Å²) in [5.41, 5.74) is -1.70. The molecule has 1 saturated carbocycles. The van der Waals surface area contributed by atoms with Crippen LogP contribution in [0.25, 0.3) is 0 Å². The standard InChI is InChI=1S/C21H20ClFN2O5/c1-24-20(30)17-19(29)18(28)13(8-25(17)10-21(24)7-12(21)9-26)15(27)6-5-11-3-2-4-14(22)16(11)23/h2-4,8,12,26,29H,5-7,9-10H2,1H3. The molecule has 2 N–H and O–H groups in total. The number of hydrogen-bond donors (Lipinski definition) is 2. The molecule has 0 radical (unpaired) electrons. The minimum Gasteiger partial charge on any atom is -0.503 e. The Hall–Kier alpha value is -2.71. The van der Waals surface area contributed by atoms with Gasteiger partial charge < -0.3 is 19.7 Å². The second-order valence-electron chi connectivity index (χ2n) is 7.88. The van der Waals surface area contributed by atoms with Gasteiger partial charge >= 0.3 is 0 Å². The van der Waals surface area contributed by atoms with E-state index in [-0.39, 0.29) is 53.8 Å². The van der Waals surface area contributed by atoms with Crippen LogP contribution in [0.15, 0.2) is 29.2 Å². The van der Waals surface area contributed by atoms with Crippen LogP contribution >= 0.6 is 11.6 Å². The number of carbonyl (C=O) groups is 2. The number of amides is 1. The highest BCUT2D eigenvalue weighted by Crippen LogP contribution is 2.51. The number of aryl methyl sites for hydroxylation is 1. The molecule has 1 aromatic heterocycles. The predicted molar refractivity (Wildman–Crippen MR) is 106 cm³/mol. The molecule has 7 nitrogen and oxygen atoms in total. The molecular weight excluding hydrogens is 415 g/mol. The number of ketones is 1. The Morgan fingerprint density at radius 2 is 2.10 bits per heavy atom. The third-order valence-electron chi connectivity index (χ3n) is 6.25. The number of aliphatic hydroxyl groups excluding tert-OH is 1. The smallest absolute Gasteiger partial charge is 0.274 e. The lowest BCUT2D eigenvalue weighted by Crippen LogP contribution is -2.50. The summed E-state index contributed by atoms with van der Waals surface area (Å²) in [7, 11) is 1.57. The van der Waals surface area contributed by atoms with Crippen LogP contribution < -0.4 is 5.43 Å². The summed E-state index contributed by atoms with van der Waals surface area (Å²) in [4.78, 5) is 39.5. The number of hydrogen-bond acceptors (Lipinski definition) is 5. The molecule has 1 amide bonds. The van der Waals surface area contributed by atoms with Crippen LogP contribution in [0.4, 0.5) is 4.39 Å². The molecule has 1 spiro atoms. The molecule has 30 heavy (non-hydrogen) atoms. The van der Waals surface area contributed by atoms with Gasteiger partial charge in [0.2, 0.25) is 5.43 Å². The molecule has 9 heteroatoms. The van der Waals surface area contributed by atoms with Crippen molar-refractivity contribution in [2.45, 2.75) is 31.3 Å². The lowest BCUT2D eigenvalue weighted by atomic mass is 10.0. The summed E-state index contributed by atoms with van der Waals surface area (Å²) in [6, 6.07) is 4.48. The number of halogens is 2. The molecule has 1 aliphatic carbocycles.